The quantitative estimate of drug-likeness (QED) is 0.931. The molecule has 2 aromatic heterocycles. The predicted molar refractivity (Wildman–Crippen MR) is 87.8 cm³/mol. The zero-order valence-electron chi connectivity index (χ0n) is 12.5. The van der Waals surface area contributed by atoms with Gasteiger partial charge in [0.05, 0.1) is 5.69 Å². The lowest BCUT2D eigenvalue weighted by molar-refractivity contribution is -0.116. The van der Waals surface area contributed by atoms with Crippen LogP contribution in [0.25, 0.3) is 0 Å². The van der Waals surface area contributed by atoms with Crippen molar-refractivity contribution in [1.82, 2.24) is 9.97 Å². The Morgan fingerprint density at radius 2 is 2.05 bits per heavy atom. The molecule has 0 spiro atoms. The molecule has 1 aliphatic rings. The van der Waals surface area contributed by atoms with E-state index in [9.17, 15) is 9.59 Å². The fraction of sp³-hybridized carbons (Fsp3) is 0.429. The number of anilines is 2. The lowest BCUT2D eigenvalue weighted by Crippen LogP contribution is -2.30. The molecule has 1 N–H and O–H groups in total. The lowest BCUT2D eigenvalue weighted by atomic mass is 10.4. The van der Waals surface area contributed by atoms with Crippen LogP contribution in [-0.2, 0) is 4.79 Å². The van der Waals surface area contributed by atoms with Crippen LogP contribution < -0.4 is 10.2 Å². The van der Waals surface area contributed by atoms with E-state index in [-0.39, 0.29) is 17.9 Å². The molecule has 0 bridgehead atoms. The minimum absolute atomic E-state index is 0.0289. The smallest absolute Gasteiger partial charge is 0.269 e. The summed E-state index contributed by atoms with van der Waals surface area (Å²) in [5.74, 6) is -0.256. The average Bonchev–Trinajstić information content (AvgIpc) is 3.06. The molecule has 1 fully saturated rings. The molecular formula is C14H16N4O2S2. The monoisotopic (exact) mass is 336 g/mol. The van der Waals surface area contributed by atoms with E-state index >= 15 is 0 Å². The summed E-state index contributed by atoms with van der Waals surface area (Å²) in [6.07, 6.45) is 3.71. The van der Waals surface area contributed by atoms with Gasteiger partial charge in [0.15, 0.2) is 10.3 Å². The summed E-state index contributed by atoms with van der Waals surface area (Å²) in [5, 5.41) is 3.96. The van der Waals surface area contributed by atoms with Gasteiger partial charge in [0, 0.05) is 24.0 Å². The molecule has 0 aromatic carbocycles. The number of aryl methyl sites for hydroxylation is 2. The minimum atomic E-state index is -0.227. The van der Waals surface area contributed by atoms with Crippen molar-refractivity contribution < 1.29 is 9.59 Å². The van der Waals surface area contributed by atoms with Crippen LogP contribution in [0, 0.1) is 13.8 Å². The summed E-state index contributed by atoms with van der Waals surface area (Å²) >= 11 is 2.68. The molecular weight excluding hydrogens is 320 g/mol. The molecule has 0 unspecified atom stereocenters. The van der Waals surface area contributed by atoms with Gasteiger partial charge in [-0.25, -0.2) is 9.97 Å². The van der Waals surface area contributed by atoms with Gasteiger partial charge < -0.3 is 0 Å². The number of nitrogens with zero attached hydrogens (tertiary/aromatic N) is 3. The second kappa shape index (κ2) is 5.77. The predicted octanol–water partition coefficient (Wildman–Crippen LogP) is 2.98. The normalized spacial score (nSPS) is 14.0. The maximum Gasteiger partial charge on any atom is 0.269 e. The minimum Gasteiger partial charge on any atom is -0.297 e. The highest BCUT2D eigenvalue weighted by atomic mass is 32.1. The number of carbonyl (C=O) groups excluding carboxylic acids is 2. The number of rotatable bonds is 4. The molecule has 2 amide bonds. The molecule has 22 heavy (non-hydrogen) atoms. The summed E-state index contributed by atoms with van der Waals surface area (Å²) in [5.41, 5.74) is 0.637. The number of thiazole rings is 2. The molecule has 2 aromatic rings. The van der Waals surface area contributed by atoms with Gasteiger partial charge in [-0.15, -0.1) is 11.3 Å². The Balaban J connectivity index is 1.82. The number of amides is 2. The molecule has 6 nitrogen and oxygen atoms in total. The molecule has 116 valence electrons. The van der Waals surface area contributed by atoms with E-state index in [1.165, 1.54) is 29.6 Å². The molecule has 0 atom stereocenters. The highest BCUT2D eigenvalue weighted by molar-refractivity contribution is 7.18. The molecule has 2 heterocycles. The van der Waals surface area contributed by atoms with Crippen molar-refractivity contribution in [2.45, 2.75) is 39.7 Å². The van der Waals surface area contributed by atoms with Gasteiger partial charge in [0.25, 0.3) is 5.91 Å². The third-order valence-electron chi connectivity index (χ3n) is 3.29. The largest absolute Gasteiger partial charge is 0.297 e. The topological polar surface area (TPSA) is 75.2 Å². The number of nitrogens with one attached hydrogen (secondary N) is 1. The molecule has 0 saturated heterocycles. The zero-order valence-corrected chi connectivity index (χ0v) is 14.2. The summed E-state index contributed by atoms with van der Waals surface area (Å²) < 4.78 is 0. The van der Waals surface area contributed by atoms with Gasteiger partial charge in [-0.2, -0.15) is 0 Å². The van der Waals surface area contributed by atoms with Crippen molar-refractivity contribution in [2.24, 2.45) is 0 Å². The van der Waals surface area contributed by atoms with Gasteiger partial charge in [0.1, 0.15) is 4.88 Å². The number of hydrogen-bond acceptors (Lipinski definition) is 6. The maximum absolute atomic E-state index is 12.4. The first-order valence-corrected chi connectivity index (χ1v) is 8.60. The highest BCUT2D eigenvalue weighted by Gasteiger charge is 2.34. The molecule has 0 aliphatic heterocycles. The highest BCUT2D eigenvalue weighted by Crippen LogP contribution is 2.35. The standard InChI is InChI=1S/C14H16N4O2S2/c1-7-6-15-13(21-7)17-12(20)11-8(2)16-14(22-11)18(9(3)19)10-4-5-10/h6,10H,4-5H2,1-3H3,(H,15,17,20). The van der Waals surface area contributed by atoms with Crippen LogP contribution in [0.2, 0.25) is 0 Å². The van der Waals surface area contributed by atoms with Crippen molar-refractivity contribution in [3.63, 3.8) is 0 Å². The summed E-state index contributed by atoms with van der Waals surface area (Å²) in [6, 6.07) is 0.237. The van der Waals surface area contributed by atoms with Gasteiger partial charge in [-0.3, -0.25) is 19.8 Å². The molecule has 1 aliphatic carbocycles. The Hall–Kier alpha value is -1.80. The van der Waals surface area contributed by atoms with Crippen molar-refractivity contribution >= 4 is 44.8 Å². The lowest BCUT2D eigenvalue weighted by Gasteiger charge is -2.16. The third kappa shape index (κ3) is 3.02. The third-order valence-corrected chi connectivity index (χ3v) is 5.27. The van der Waals surface area contributed by atoms with E-state index in [1.54, 1.807) is 18.0 Å². The van der Waals surface area contributed by atoms with Gasteiger partial charge >= 0.3 is 0 Å². The van der Waals surface area contributed by atoms with Crippen molar-refractivity contribution in [1.29, 1.82) is 0 Å². The molecule has 3 rings (SSSR count). The summed E-state index contributed by atoms with van der Waals surface area (Å²) in [4.78, 5) is 35.9. The Morgan fingerprint density at radius 1 is 1.32 bits per heavy atom. The van der Waals surface area contributed by atoms with Crippen LogP contribution in [-0.4, -0.2) is 27.8 Å². The fourth-order valence-corrected chi connectivity index (χ4v) is 3.88. The van der Waals surface area contributed by atoms with Crippen LogP contribution in [0.4, 0.5) is 10.3 Å². The number of aromatic nitrogens is 2. The first-order chi connectivity index (χ1) is 10.5. The van der Waals surface area contributed by atoms with Gasteiger partial charge in [-0.05, 0) is 26.7 Å². The Morgan fingerprint density at radius 3 is 2.59 bits per heavy atom. The van der Waals surface area contributed by atoms with E-state index in [0.717, 1.165) is 17.7 Å². The Bertz CT molecular complexity index is 733. The first kappa shape index (κ1) is 15.1. The zero-order chi connectivity index (χ0) is 15.9. The van der Waals surface area contributed by atoms with Crippen LogP contribution in [0.5, 0.6) is 0 Å². The molecule has 1 saturated carbocycles. The summed E-state index contributed by atoms with van der Waals surface area (Å²) in [7, 11) is 0. The average molecular weight is 336 g/mol. The van der Waals surface area contributed by atoms with Gasteiger partial charge in [0.2, 0.25) is 5.91 Å². The SMILES string of the molecule is CC(=O)N(c1nc(C)c(C(=O)Nc2ncc(C)s2)s1)C1CC1. The van der Waals surface area contributed by atoms with E-state index in [2.05, 4.69) is 15.3 Å². The van der Waals surface area contributed by atoms with Crippen molar-refractivity contribution in [3.05, 3.63) is 21.6 Å². The van der Waals surface area contributed by atoms with Crippen molar-refractivity contribution in [3.8, 4) is 0 Å². The van der Waals surface area contributed by atoms with Crippen LogP contribution >= 0.6 is 22.7 Å². The van der Waals surface area contributed by atoms with Gasteiger partial charge in [-0.1, -0.05) is 11.3 Å². The Kier molecular flexibility index (Phi) is 3.96. The second-order valence-electron chi connectivity index (χ2n) is 5.26. The van der Waals surface area contributed by atoms with Crippen LogP contribution in [0.3, 0.4) is 0 Å². The first-order valence-electron chi connectivity index (χ1n) is 6.96. The fourth-order valence-electron chi connectivity index (χ4n) is 2.14. The summed E-state index contributed by atoms with van der Waals surface area (Å²) in [6.45, 7) is 5.25. The molecule has 8 heteroatoms. The van der Waals surface area contributed by atoms with Crippen LogP contribution in [0.15, 0.2) is 6.20 Å². The Labute approximate surface area is 136 Å². The van der Waals surface area contributed by atoms with E-state index in [0.29, 0.717) is 20.8 Å². The van der Waals surface area contributed by atoms with Crippen LogP contribution in [0.1, 0.15) is 40.0 Å². The molecule has 0 radical (unpaired) electrons. The number of carbonyl (C=O) groups is 2. The van der Waals surface area contributed by atoms with Crippen molar-refractivity contribution in [2.75, 3.05) is 10.2 Å². The second-order valence-corrected chi connectivity index (χ2v) is 7.47. The van der Waals surface area contributed by atoms with E-state index in [4.69, 9.17) is 0 Å². The number of hydrogen-bond donors (Lipinski definition) is 1. The van der Waals surface area contributed by atoms with E-state index < -0.39 is 0 Å². The maximum atomic E-state index is 12.4. The van der Waals surface area contributed by atoms with E-state index in [1.807, 2.05) is 6.92 Å².